The summed E-state index contributed by atoms with van der Waals surface area (Å²) in [6.07, 6.45) is 2.81. The number of hydrogen-bond donors (Lipinski definition) is 0. The van der Waals surface area contributed by atoms with Gasteiger partial charge in [0.25, 0.3) is 0 Å². The molecule has 0 saturated heterocycles. The highest BCUT2D eigenvalue weighted by Crippen LogP contribution is 2.10. The monoisotopic (exact) mass is 292 g/mol. The van der Waals surface area contributed by atoms with Gasteiger partial charge in [-0.1, -0.05) is 52.0 Å². The third-order valence-electron chi connectivity index (χ3n) is 2.76. The molecule has 0 aliphatic carbocycles. The highest BCUT2D eigenvalue weighted by Gasteiger charge is 1.97. The van der Waals surface area contributed by atoms with E-state index in [2.05, 4.69) is 0 Å². The molecule has 0 spiro atoms. The Morgan fingerprint density at radius 2 is 0.857 bits per heavy atom. The molecular formula is C19H26F2. The minimum Gasteiger partial charge on any atom is -0.207 e. The minimum atomic E-state index is -0.202. The Balaban J connectivity index is 0.000000921. The Labute approximate surface area is 127 Å². The van der Waals surface area contributed by atoms with Gasteiger partial charge >= 0.3 is 0 Å². The van der Waals surface area contributed by atoms with Crippen molar-refractivity contribution in [3.05, 3.63) is 71.3 Å². The summed E-state index contributed by atoms with van der Waals surface area (Å²) in [6.45, 7) is 8.00. The lowest BCUT2D eigenvalue weighted by Gasteiger charge is -2.02. The second-order valence-electron chi connectivity index (χ2n) is 4.11. The molecule has 21 heavy (non-hydrogen) atoms. The number of halogens is 2. The van der Waals surface area contributed by atoms with Crippen LogP contribution >= 0.6 is 0 Å². The first kappa shape index (κ1) is 19.3. The molecule has 0 aliphatic rings. The van der Waals surface area contributed by atoms with Crippen molar-refractivity contribution < 1.29 is 8.78 Å². The molecule has 0 fully saturated rings. The van der Waals surface area contributed by atoms with Crippen LogP contribution in [-0.2, 0) is 12.8 Å². The molecule has 0 aliphatic heterocycles. The maximum absolute atomic E-state index is 12.7. The molecule has 0 atom stereocenters. The molecule has 0 N–H and O–H groups in total. The summed E-state index contributed by atoms with van der Waals surface area (Å²) in [5, 5.41) is 0. The molecule has 0 aromatic heterocycles. The molecule has 2 rings (SSSR count). The van der Waals surface area contributed by atoms with Gasteiger partial charge in [-0.15, -0.1) is 0 Å². The number of rotatable bonds is 4. The quantitative estimate of drug-likeness (QED) is 0.630. The predicted octanol–water partition coefficient (Wildman–Crippen LogP) is 6.19. The molecular weight excluding hydrogens is 266 g/mol. The SMILES string of the molecule is CC.CC.Fc1ccc(CCCc2ccc(F)cc2)cc1. The molecule has 2 aromatic rings. The smallest absolute Gasteiger partial charge is 0.123 e. The molecule has 0 saturated carbocycles. The van der Waals surface area contributed by atoms with Gasteiger partial charge < -0.3 is 0 Å². The topological polar surface area (TPSA) is 0 Å². The van der Waals surface area contributed by atoms with Crippen molar-refractivity contribution in [2.45, 2.75) is 47.0 Å². The summed E-state index contributed by atoms with van der Waals surface area (Å²) >= 11 is 0. The average Bonchev–Trinajstić information content (AvgIpc) is 2.55. The molecule has 0 radical (unpaired) electrons. The van der Waals surface area contributed by atoms with Gasteiger partial charge in [-0.3, -0.25) is 0 Å². The van der Waals surface area contributed by atoms with Crippen LogP contribution in [0.2, 0.25) is 0 Å². The normalized spacial score (nSPS) is 9.05. The molecule has 0 heterocycles. The highest BCUT2D eigenvalue weighted by atomic mass is 19.1. The zero-order chi connectivity index (χ0) is 16.1. The summed E-state index contributed by atoms with van der Waals surface area (Å²) in [4.78, 5) is 0. The van der Waals surface area contributed by atoms with E-state index >= 15 is 0 Å². The van der Waals surface area contributed by atoms with Crippen LogP contribution in [0.25, 0.3) is 0 Å². The van der Waals surface area contributed by atoms with Crippen molar-refractivity contribution in [1.29, 1.82) is 0 Å². The number of hydrogen-bond acceptors (Lipinski definition) is 0. The summed E-state index contributed by atoms with van der Waals surface area (Å²) in [6, 6.07) is 13.1. The van der Waals surface area contributed by atoms with Crippen LogP contribution in [0.15, 0.2) is 48.5 Å². The highest BCUT2D eigenvalue weighted by molar-refractivity contribution is 5.18. The largest absolute Gasteiger partial charge is 0.207 e. The van der Waals surface area contributed by atoms with Gasteiger partial charge in [0, 0.05) is 0 Å². The lowest BCUT2D eigenvalue weighted by molar-refractivity contribution is 0.626. The molecule has 2 aromatic carbocycles. The second-order valence-corrected chi connectivity index (χ2v) is 4.11. The first-order chi connectivity index (χ1) is 10.2. The van der Waals surface area contributed by atoms with Crippen molar-refractivity contribution in [2.75, 3.05) is 0 Å². The Hall–Kier alpha value is -1.70. The molecule has 2 heteroatoms. The fourth-order valence-corrected chi connectivity index (χ4v) is 1.80. The van der Waals surface area contributed by atoms with Crippen LogP contribution in [0.4, 0.5) is 8.78 Å². The van der Waals surface area contributed by atoms with E-state index in [1.165, 1.54) is 24.3 Å². The maximum Gasteiger partial charge on any atom is 0.123 e. The first-order valence-electron chi connectivity index (χ1n) is 7.73. The zero-order valence-electron chi connectivity index (χ0n) is 13.5. The molecule has 0 bridgehead atoms. The van der Waals surface area contributed by atoms with Crippen LogP contribution in [0.3, 0.4) is 0 Å². The van der Waals surface area contributed by atoms with Crippen LogP contribution in [0.1, 0.15) is 45.2 Å². The Kier molecular flexibility index (Phi) is 11.1. The van der Waals surface area contributed by atoms with Gasteiger partial charge in [-0.25, -0.2) is 8.78 Å². The fraction of sp³-hybridized carbons (Fsp3) is 0.368. The summed E-state index contributed by atoms with van der Waals surface area (Å²) in [5.74, 6) is -0.403. The van der Waals surface area contributed by atoms with Gasteiger partial charge in [-0.05, 0) is 54.7 Å². The third-order valence-corrected chi connectivity index (χ3v) is 2.76. The van der Waals surface area contributed by atoms with Gasteiger partial charge in [-0.2, -0.15) is 0 Å². The van der Waals surface area contributed by atoms with E-state index in [1.54, 1.807) is 24.3 Å². The van der Waals surface area contributed by atoms with Crippen LogP contribution in [0.5, 0.6) is 0 Å². The molecule has 0 amide bonds. The first-order valence-corrected chi connectivity index (χ1v) is 7.73. The van der Waals surface area contributed by atoms with Crippen molar-refractivity contribution >= 4 is 0 Å². The van der Waals surface area contributed by atoms with Crippen molar-refractivity contribution in [1.82, 2.24) is 0 Å². The van der Waals surface area contributed by atoms with Gasteiger partial charge in [0.1, 0.15) is 11.6 Å². The van der Waals surface area contributed by atoms with Gasteiger partial charge in [0.15, 0.2) is 0 Å². The lowest BCUT2D eigenvalue weighted by atomic mass is 10.0. The van der Waals surface area contributed by atoms with Crippen LogP contribution in [-0.4, -0.2) is 0 Å². The van der Waals surface area contributed by atoms with Crippen LogP contribution in [0, 0.1) is 11.6 Å². The van der Waals surface area contributed by atoms with Crippen LogP contribution < -0.4 is 0 Å². The Morgan fingerprint density at radius 3 is 1.14 bits per heavy atom. The predicted molar refractivity (Wildman–Crippen MR) is 87.5 cm³/mol. The van der Waals surface area contributed by atoms with E-state index in [0.717, 1.165) is 30.4 Å². The van der Waals surface area contributed by atoms with Gasteiger partial charge in [0.2, 0.25) is 0 Å². The number of benzene rings is 2. The van der Waals surface area contributed by atoms with E-state index in [4.69, 9.17) is 0 Å². The minimum absolute atomic E-state index is 0.202. The van der Waals surface area contributed by atoms with Crippen molar-refractivity contribution in [3.8, 4) is 0 Å². The summed E-state index contributed by atoms with van der Waals surface area (Å²) in [5.41, 5.74) is 2.27. The summed E-state index contributed by atoms with van der Waals surface area (Å²) in [7, 11) is 0. The van der Waals surface area contributed by atoms with E-state index in [9.17, 15) is 8.78 Å². The zero-order valence-corrected chi connectivity index (χ0v) is 13.5. The maximum atomic E-state index is 12.7. The van der Waals surface area contributed by atoms with Crippen molar-refractivity contribution in [2.24, 2.45) is 0 Å². The van der Waals surface area contributed by atoms with E-state index in [-0.39, 0.29) is 11.6 Å². The average molecular weight is 292 g/mol. The standard InChI is InChI=1S/C15H14F2.2C2H6/c16-14-8-4-12(5-9-14)2-1-3-13-6-10-15(17)11-7-13;2*1-2/h4-11H,1-3H2;2*1-2H3. The van der Waals surface area contributed by atoms with E-state index in [1.807, 2.05) is 27.7 Å². The van der Waals surface area contributed by atoms with E-state index in [0.29, 0.717) is 0 Å². The van der Waals surface area contributed by atoms with Gasteiger partial charge in [0.05, 0.1) is 0 Å². The summed E-state index contributed by atoms with van der Waals surface area (Å²) < 4.78 is 25.4. The lowest BCUT2D eigenvalue weighted by Crippen LogP contribution is -1.90. The fourth-order valence-electron chi connectivity index (χ4n) is 1.80. The number of aryl methyl sites for hydroxylation is 2. The Bertz CT molecular complexity index is 412. The second kappa shape index (κ2) is 12.1. The van der Waals surface area contributed by atoms with E-state index < -0.39 is 0 Å². The molecule has 116 valence electrons. The molecule has 0 nitrogen and oxygen atoms in total. The van der Waals surface area contributed by atoms with Crippen molar-refractivity contribution in [3.63, 3.8) is 0 Å². The Morgan fingerprint density at radius 1 is 0.571 bits per heavy atom. The third kappa shape index (κ3) is 8.23. The molecule has 0 unspecified atom stereocenters.